The number of non-ortho nitro benzene ring substituents is 1. The molecule has 3 nitrogen and oxygen atoms in total. The lowest BCUT2D eigenvalue weighted by Crippen LogP contribution is -1.85. The van der Waals surface area contributed by atoms with Gasteiger partial charge in [0.1, 0.15) is 0 Å². The Morgan fingerprint density at radius 1 is 1.38 bits per heavy atom. The smallest absolute Gasteiger partial charge is 0.258 e. The molecule has 0 radical (unpaired) electrons. The monoisotopic (exact) mass is 259 g/mol. The molecule has 0 spiro atoms. The first-order valence-corrected chi connectivity index (χ1v) is 5.75. The van der Waals surface area contributed by atoms with Crippen LogP contribution in [0.25, 0.3) is 0 Å². The van der Waals surface area contributed by atoms with Crippen molar-refractivity contribution in [2.75, 3.05) is 0 Å². The quantitative estimate of drug-likeness (QED) is 0.559. The van der Waals surface area contributed by atoms with Crippen LogP contribution in [0.15, 0.2) is 24.3 Å². The first kappa shape index (κ1) is 12.8. The van der Waals surface area contributed by atoms with Crippen LogP contribution in [0.5, 0.6) is 0 Å². The van der Waals surface area contributed by atoms with E-state index >= 15 is 0 Å². The van der Waals surface area contributed by atoms with Gasteiger partial charge in [0, 0.05) is 17.2 Å². The highest BCUT2D eigenvalue weighted by atomic mass is 36.0. The molecule has 0 bridgehead atoms. The van der Waals surface area contributed by atoms with E-state index in [4.69, 9.17) is 11.6 Å². The standard InChI is InChI=1S/C6H4ClNO2.Cl2S/c7-5-2-1-3-6(4-5)8(9)10;1-3-2/h1-4H;. The van der Waals surface area contributed by atoms with Gasteiger partial charge >= 0.3 is 0 Å². The topological polar surface area (TPSA) is 43.1 Å². The minimum atomic E-state index is -0.480. The number of halogens is 3. The van der Waals surface area contributed by atoms with E-state index in [1.165, 1.54) is 12.1 Å². The summed E-state index contributed by atoms with van der Waals surface area (Å²) >= 11 is 5.48. The highest BCUT2D eigenvalue weighted by Gasteiger charge is 2.02. The van der Waals surface area contributed by atoms with E-state index in [9.17, 15) is 10.1 Å². The van der Waals surface area contributed by atoms with E-state index in [2.05, 4.69) is 21.4 Å². The summed E-state index contributed by atoms with van der Waals surface area (Å²) < 4.78 is 0. The highest BCUT2D eigenvalue weighted by Crippen LogP contribution is 2.16. The molecule has 0 aliphatic heterocycles. The number of hydrogen-bond acceptors (Lipinski definition) is 3. The van der Waals surface area contributed by atoms with Crippen molar-refractivity contribution in [2.45, 2.75) is 0 Å². The molecule has 0 heterocycles. The molecule has 0 atom stereocenters. The Labute approximate surface area is 93.1 Å². The molecular weight excluding hydrogens is 256 g/mol. The molecule has 13 heavy (non-hydrogen) atoms. The van der Waals surface area contributed by atoms with Crippen LogP contribution in [0.3, 0.4) is 0 Å². The summed E-state index contributed by atoms with van der Waals surface area (Å²) in [6, 6.07) is 5.84. The van der Waals surface area contributed by atoms with Crippen LogP contribution in [0.2, 0.25) is 5.02 Å². The van der Waals surface area contributed by atoms with E-state index < -0.39 is 4.92 Å². The lowest BCUT2D eigenvalue weighted by atomic mass is 10.3. The molecule has 0 aliphatic rings. The predicted molar refractivity (Wildman–Crippen MR) is 57.4 cm³/mol. The summed E-state index contributed by atoms with van der Waals surface area (Å²) in [7, 11) is 10.1. The second-order valence-electron chi connectivity index (χ2n) is 1.80. The number of nitro benzene ring substituents is 1. The Balaban J connectivity index is 0.000000424. The van der Waals surface area contributed by atoms with Crippen molar-refractivity contribution in [1.82, 2.24) is 0 Å². The number of benzene rings is 1. The Morgan fingerprint density at radius 2 is 1.92 bits per heavy atom. The van der Waals surface area contributed by atoms with Crippen LogP contribution in [-0.2, 0) is 0 Å². The Bertz CT molecular complexity index is 284. The van der Waals surface area contributed by atoms with Crippen molar-refractivity contribution in [3.63, 3.8) is 0 Å². The van der Waals surface area contributed by atoms with E-state index in [-0.39, 0.29) is 5.69 Å². The molecule has 0 aromatic heterocycles. The SMILES string of the molecule is ClSCl.O=[N+]([O-])c1cccc(Cl)c1. The Hall–Kier alpha value is -0.160. The largest absolute Gasteiger partial charge is 0.270 e. The third-order valence-electron chi connectivity index (χ3n) is 1.02. The fraction of sp³-hybridized carbons (Fsp3) is 0. The maximum absolute atomic E-state index is 10.1. The van der Waals surface area contributed by atoms with Gasteiger partial charge in [-0.25, -0.2) is 0 Å². The average molecular weight is 261 g/mol. The van der Waals surface area contributed by atoms with Gasteiger partial charge in [0.15, 0.2) is 0 Å². The minimum absolute atomic E-state index is 0.0208. The fourth-order valence-corrected chi connectivity index (χ4v) is 0.774. The molecule has 1 rings (SSSR count). The van der Waals surface area contributed by atoms with Crippen LogP contribution in [-0.4, -0.2) is 4.92 Å². The van der Waals surface area contributed by atoms with Gasteiger partial charge in [0.2, 0.25) is 0 Å². The third kappa shape index (κ3) is 5.99. The van der Waals surface area contributed by atoms with Gasteiger partial charge in [-0.15, -0.1) is 0 Å². The molecule has 72 valence electrons. The number of nitro groups is 1. The van der Waals surface area contributed by atoms with Gasteiger partial charge < -0.3 is 0 Å². The summed E-state index contributed by atoms with van der Waals surface area (Å²) in [6.07, 6.45) is 0. The maximum atomic E-state index is 10.1. The molecule has 0 fully saturated rings. The van der Waals surface area contributed by atoms with Crippen LogP contribution in [0, 0.1) is 10.1 Å². The summed E-state index contributed by atoms with van der Waals surface area (Å²) in [5, 5.41) is 10.5. The first-order valence-electron chi connectivity index (χ1n) is 2.91. The molecule has 0 saturated heterocycles. The maximum Gasteiger partial charge on any atom is 0.270 e. The molecule has 0 unspecified atom stereocenters. The summed E-state index contributed by atoms with van der Waals surface area (Å²) in [5.41, 5.74) is 0.0208. The third-order valence-corrected chi connectivity index (χ3v) is 1.25. The lowest BCUT2D eigenvalue weighted by Gasteiger charge is -1.89. The van der Waals surface area contributed by atoms with Crippen LogP contribution in [0.4, 0.5) is 5.69 Å². The van der Waals surface area contributed by atoms with Gasteiger partial charge in [-0.05, 0) is 27.4 Å². The molecule has 0 saturated carbocycles. The number of nitrogens with zero attached hydrogens (tertiary/aromatic N) is 1. The molecule has 0 amide bonds. The van der Waals surface area contributed by atoms with Crippen molar-refractivity contribution in [3.8, 4) is 0 Å². The van der Waals surface area contributed by atoms with E-state index in [0.717, 1.165) is 0 Å². The van der Waals surface area contributed by atoms with Gasteiger partial charge in [-0.3, -0.25) is 10.1 Å². The van der Waals surface area contributed by atoms with Crippen molar-refractivity contribution in [2.24, 2.45) is 0 Å². The number of rotatable bonds is 1. The summed E-state index contributed by atoms with van der Waals surface area (Å²) in [6.45, 7) is 0. The van der Waals surface area contributed by atoms with Crippen LogP contribution < -0.4 is 0 Å². The van der Waals surface area contributed by atoms with E-state index in [0.29, 0.717) is 15.2 Å². The van der Waals surface area contributed by atoms with Gasteiger partial charge in [-0.1, -0.05) is 17.7 Å². The predicted octanol–water partition coefficient (Wildman–Crippen LogP) is 4.28. The second kappa shape index (κ2) is 7.26. The second-order valence-corrected chi connectivity index (χ2v) is 3.75. The molecule has 7 heteroatoms. The molecule has 0 N–H and O–H groups in total. The zero-order valence-electron chi connectivity index (χ0n) is 6.12. The van der Waals surface area contributed by atoms with E-state index in [1.54, 1.807) is 12.1 Å². The van der Waals surface area contributed by atoms with Crippen molar-refractivity contribution in [1.29, 1.82) is 0 Å². The average Bonchev–Trinajstić information content (AvgIpc) is 2.05. The molecule has 1 aromatic carbocycles. The van der Waals surface area contributed by atoms with Crippen LogP contribution >= 0.6 is 43.2 Å². The minimum Gasteiger partial charge on any atom is -0.258 e. The van der Waals surface area contributed by atoms with Gasteiger partial charge in [-0.2, -0.15) is 0 Å². The van der Waals surface area contributed by atoms with Crippen molar-refractivity contribution >= 4 is 48.8 Å². The zero-order chi connectivity index (χ0) is 10.3. The molecule has 0 aliphatic carbocycles. The Morgan fingerprint density at radius 3 is 2.23 bits per heavy atom. The molecular formula is C6H4Cl3NO2S. The first-order chi connectivity index (χ1) is 6.11. The normalized spacial score (nSPS) is 8.54. The zero-order valence-corrected chi connectivity index (χ0v) is 9.20. The summed E-state index contributed by atoms with van der Waals surface area (Å²) in [4.78, 5) is 9.62. The Kier molecular flexibility index (Phi) is 7.17. The molecule has 1 aromatic rings. The number of hydrogen-bond donors (Lipinski definition) is 0. The van der Waals surface area contributed by atoms with Gasteiger partial charge in [0.05, 0.1) is 15.1 Å². The lowest BCUT2D eigenvalue weighted by molar-refractivity contribution is -0.384. The fourth-order valence-electron chi connectivity index (χ4n) is 0.590. The summed E-state index contributed by atoms with van der Waals surface area (Å²) in [5.74, 6) is 0. The van der Waals surface area contributed by atoms with Crippen molar-refractivity contribution < 1.29 is 4.92 Å². The van der Waals surface area contributed by atoms with Gasteiger partial charge in [0.25, 0.3) is 5.69 Å². The van der Waals surface area contributed by atoms with Crippen molar-refractivity contribution in [3.05, 3.63) is 39.4 Å². The van der Waals surface area contributed by atoms with E-state index in [1.807, 2.05) is 0 Å². The van der Waals surface area contributed by atoms with Crippen LogP contribution in [0.1, 0.15) is 0 Å². The highest BCUT2D eigenvalue weighted by molar-refractivity contribution is 8.38.